The van der Waals surface area contributed by atoms with Crippen molar-refractivity contribution in [3.63, 3.8) is 0 Å². The molecule has 0 saturated heterocycles. The molecule has 0 aliphatic heterocycles. The van der Waals surface area contributed by atoms with Crippen molar-refractivity contribution < 1.29 is 31.7 Å². The average molecular weight is 428 g/mol. The topological polar surface area (TPSA) is 84.5 Å². The Labute approximate surface area is 167 Å². The summed E-state index contributed by atoms with van der Waals surface area (Å²) in [7, 11) is -1.50. The Morgan fingerprint density at radius 2 is 1.52 bits per heavy atom. The Morgan fingerprint density at radius 1 is 0.966 bits per heavy atom. The van der Waals surface area contributed by atoms with E-state index in [0.29, 0.717) is 16.9 Å². The number of anilines is 2. The van der Waals surface area contributed by atoms with Crippen LogP contribution in [0, 0.1) is 0 Å². The Balaban J connectivity index is 1.80. The van der Waals surface area contributed by atoms with Crippen LogP contribution in [0.2, 0.25) is 0 Å². The molecule has 0 aliphatic carbocycles. The van der Waals surface area contributed by atoms with Gasteiger partial charge in [0, 0.05) is 34.9 Å². The Bertz CT molecular complexity index is 869. The molecule has 0 radical (unpaired) electrons. The van der Waals surface area contributed by atoms with Gasteiger partial charge in [0.15, 0.2) is 6.61 Å². The molecule has 0 unspecified atom stereocenters. The molecule has 0 heterocycles. The van der Waals surface area contributed by atoms with Gasteiger partial charge in [0.25, 0.3) is 0 Å². The minimum atomic E-state index is -4.42. The van der Waals surface area contributed by atoms with Gasteiger partial charge in [-0.2, -0.15) is 13.2 Å². The molecule has 156 valence electrons. The molecule has 0 aliphatic rings. The molecule has 2 aromatic carbocycles. The van der Waals surface area contributed by atoms with Gasteiger partial charge in [-0.15, -0.1) is 0 Å². The molecule has 0 bridgehead atoms. The van der Waals surface area contributed by atoms with Gasteiger partial charge < -0.3 is 15.4 Å². The highest BCUT2D eigenvalue weighted by molar-refractivity contribution is 7.84. The first-order chi connectivity index (χ1) is 13.6. The molecule has 6 nitrogen and oxygen atoms in total. The van der Waals surface area contributed by atoms with Crippen molar-refractivity contribution >= 4 is 34.0 Å². The van der Waals surface area contributed by atoms with E-state index in [1.807, 2.05) is 0 Å². The van der Waals surface area contributed by atoms with Crippen molar-refractivity contribution in [1.29, 1.82) is 0 Å². The normalized spacial score (nSPS) is 12.1. The second-order valence-corrected chi connectivity index (χ2v) is 7.54. The number of rotatable bonds is 8. The highest BCUT2D eigenvalue weighted by Crippen LogP contribution is 2.19. The van der Waals surface area contributed by atoms with Crippen LogP contribution in [0.15, 0.2) is 48.5 Å². The van der Waals surface area contributed by atoms with Crippen molar-refractivity contribution in [2.45, 2.75) is 18.9 Å². The molecule has 0 aromatic heterocycles. The fraction of sp³-hybridized carbons (Fsp3) is 0.263. The maximum absolute atomic E-state index is 12.2. The minimum Gasteiger partial charge on any atom is -0.484 e. The number of carbonyl (C=O) groups excluding carboxylic acids is 2. The number of halogens is 3. The molecule has 2 aromatic rings. The predicted molar refractivity (Wildman–Crippen MR) is 104 cm³/mol. The monoisotopic (exact) mass is 428 g/mol. The number of carbonyl (C=O) groups is 2. The molecule has 10 heteroatoms. The van der Waals surface area contributed by atoms with E-state index in [9.17, 15) is 27.0 Å². The lowest BCUT2D eigenvalue weighted by atomic mass is 10.2. The lowest BCUT2D eigenvalue weighted by Crippen LogP contribution is -2.20. The van der Waals surface area contributed by atoms with Crippen LogP contribution < -0.4 is 15.4 Å². The van der Waals surface area contributed by atoms with Crippen LogP contribution in [-0.4, -0.2) is 34.6 Å². The standard InChI is InChI=1S/C19H19F3N2O4S/c1-13(25)23-15-4-6-16(7-5-15)24-18(26)11-29(27)10-14-2-8-17(9-3-14)28-12-19(20,21)22/h2-9H,10-12H2,1H3,(H,23,25)(H,24,26)/t29-/m1/s1. The van der Waals surface area contributed by atoms with E-state index >= 15 is 0 Å². The number of hydrogen-bond acceptors (Lipinski definition) is 4. The largest absolute Gasteiger partial charge is 0.484 e. The number of benzene rings is 2. The second kappa shape index (κ2) is 10.1. The number of hydrogen-bond donors (Lipinski definition) is 2. The van der Waals surface area contributed by atoms with Gasteiger partial charge in [-0.25, -0.2) is 0 Å². The molecule has 2 amide bonds. The molecule has 29 heavy (non-hydrogen) atoms. The van der Waals surface area contributed by atoms with Crippen molar-refractivity contribution in [3.8, 4) is 5.75 Å². The third kappa shape index (κ3) is 8.77. The number of alkyl halides is 3. The molecule has 0 saturated carbocycles. The molecular weight excluding hydrogens is 409 g/mol. The first kappa shape index (κ1) is 22.4. The highest BCUT2D eigenvalue weighted by atomic mass is 32.2. The summed E-state index contributed by atoms with van der Waals surface area (Å²) >= 11 is 0. The number of amides is 2. The number of nitrogens with one attached hydrogen (secondary N) is 2. The smallest absolute Gasteiger partial charge is 0.422 e. The summed E-state index contributed by atoms with van der Waals surface area (Å²) in [6.07, 6.45) is -4.42. The number of ether oxygens (including phenoxy) is 1. The van der Waals surface area contributed by atoms with Crippen molar-refractivity contribution in [3.05, 3.63) is 54.1 Å². The summed E-state index contributed by atoms with van der Waals surface area (Å²) < 4.78 is 53.1. The lowest BCUT2D eigenvalue weighted by Gasteiger charge is -2.10. The zero-order valence-electron chi connectivity index (χ0n) is 15.4. The van der Waals surface area contributed by atoms with Crippen molar-refractivity contribution in [2.24, 2.45) is 0 Å². The van der Waals surface area contributed by atoms with Gasteiger partial charge in [-0.3, -0.25) is 13.8 Å². The maximum Gasteiger partial charge on any atom is 0.422 e. The quantitative estimate of drug-likeness (QED) is 0.674. The summed E-state index contributed by atoms with van der Waals surface area (Å²) in [5.74, 6) is -0.760. The van der Waals surface area contributed by atoms with Crippen molar-refractivity contribution in [2.75, 3.05) is 23.0 Å². The molecule has 2 rings (SSSR count). The zero-order valence-corrected chi connectivity index (χ0v) is 16.2. The van der Waals surface area contributed by atoms with Crippen LogP contribution in [0.4, 0.5) is 24.5 Å². The van der Waals surface area contributed by atoms with Crippen molar-refractivity contribution in [1.82, 2.24) is 0 Å². The third-order valence-electron chi connectivity index (χ3n) is 3.43. The van der Waals surface area contributed by atoms with Gasteiger partial charge in [-0.05, 0) is 42.0 Å². The second-order valence-electron chi connectivity index (χ2n) is 6.08. The van der Waals surface area contributed by atoms with E-state index in [-0.39, 0.29) is 23.2 Å². The molecular formula is C19H19F3N2O4S. The van der Waals surface area contributed by atoms with Crippen LogP contribution in [-0.2, 0) is 26.1 Å². The van der Waals surface area contributed by atoms with Gasteiger partial charge in [0.1, 0.15) is 11.5 Å². The van der Waals surface area contributed by atoms with Crippen LogP contribution in [0.3, 0.4) is 0 Å². The van der Waals surface area contributed by atoms with E-state index in [4.69, 9.17) is 0 Å². The third-order valence-corrected chi connectivity index (χ3v) is 4.67. The van der Waals surface area contributed by atoms with E-state index in [2.05, 4.69) is 15.4 Å². The molecule has 2 N–H and O–H groups in total. The average Bonchev–Trinajstić information content (AvgIpc) is 2.61. The zero-order chi connectivity index (χ0) is 21.4. The van der Waals surface area contributed by atoms with E-state index in [0.717, 1.165) is 0 Å². The summed E-state index contributed by atoms with van der Waals surface area (Å²) in [6, 6.07) is 12.2. The van der Waals surface area contributed by atoms with Gasteiger partial charge >= 0.3 is 6.18 Å². The first-order valence-corrected chi connectivity index (χ1v) is 9.90. The van der Waals surface area contributed by atoms with Gasteiger partial charge in [0.05, 0.1) is 0 Å². The summed E-state index contributed by atoms with van der Waals surface area (Å²) in [5.41, 5.74) is 1.68. The Kier molecular flexibility index (Phi) is 7.77. The van der Waals surface area contributed by atoms with Gasteiger partial charge in [-0.1, -0.05) is 12.1 Å². The van der Waals surface area contributed by atoms with Crippen LogP contribution in [0.1, 0.15) is 12.5 Å². The lowest BCUT2D eigenvalue weighted by molar-refractivity contribution is -0.153. The summed E-state index contributed by atoms with van der Waals surface area (Å²) in [6.45, 7) is -0.00164. The van der Waals surface area contributed by atoms with Crippen LogP contribution >= 0.6 is 0 Å². The van der Waals surface area contributed by atoms with E-state index in [1.165, 1.54) is 31.2 Å². The molecule has 0 fully saturated rings. The first-order valence-electron chi connectivity index (χ1n) is 8.42. The minimum absolute atomic E-state index is 0.0531. The highest BCUT2D eigenvalue weighted by Gasteiger charge is 2.28. The van der Waals surface area contributed by atoms with Crippen LogP contribution in [0.5, 0.6) is 5.75 Å². The van der Waals surface area contributed by atoms with Gasteiger partial charge in [0.2, 0.25) is 11.8 Å². The van der Waals surface area contributed by atoms with E-state index < -0.39 is 29.5 Å². The summed E-state index contributed by atoms with van der Waals surface area (Å²) in [4.78, 5) is 23.0. The predicted octanol–water partition coefficient (Wildman–Crippen LogP) is 3.47. The SMILES string of the molecule is CC(=O)Nc1ccc(NC(=O)C[S@](=O)Cc2ccc(OCC(F)(F)F)cc2)cc1. The van der Waals surface area contributed by atoms with E-state index in [1.54, 1.807) is 24.3 Å². The summed E-state index contributed by atoms with van der Waals surface area (Å²) in [5, 5.41) is 5.21. The molecule has 1 atom stereocenters. The maximum atomic E-state index is 12.2. The fourth-order valence-electron chi connectivity index (χ4n) is 2.27. The Morgan fingerprint density at radius 3 is 2.03 bits per heavy atom. The Hall–Kier alpha value is -2.88. The molecule has 0 spiro atoms. The fourth-order valence-corrected chi connectivity index (χ4v) is 3.30. The van der Waals surface area contributed by atoms with Crippen LogP contribution in [0.25, 0.3) is 0 Å².